The molecule has 1 fully saturated rings. The molecule has 0 aromatic carbocycles. The largest absolute Gasteiger partial charge is 0.479 e. The van der Waals surface area contributed by atoms with E-state index < -0.39 is 0 Å². The molecule has 0 spiro atoms. The van der Waals surface area contributed by atoms with Crippen molar-refractivity contribution >= 4 is 22.8 Å². The Hall–Kier alpha value is -1.36. The molecule has 3 rings (SSSR count). The number of imidazole rings is 1. The van der Waals surface area contributed by atoms with Crippen molar-refractivity contribution in [2.75, 3.05) is 13.0 Å². The maximum atomic E-state index is 5.94. The first kappa shape index (κ1) is 14.6. The lowest BCUT2D eigenvalue weighted by Gasteiger charge is -2.41. The van der Waals surface area contributed by atoms with Gasteiger partial charge >= 0.3 is 0 Å². The molecule has 1 aliphatic carbocycles. The van der Waals surface area contributed by atoms with Crippen molar-refractivity contribution in [2.24, 2.45) is 5.41 Å². The molecule has 2 aromatic rings. The van der Waals surface area contributed by atoms with Crippen LogP contribution in [0.15, 0.2) is 6.33 Å². The van der Waals surface area contributed by atoms with Crippen molar-refractivity contribution in [3.8, 4) is 5.88 Å². The third-order valence-corrected chi connectivity index (χ3v) is 4.94. The number of halogens is 1. The Bertz CT molecular complexity index is 630. The minimum absolute atomic E-state index is 0.396. The van der Waals surface area contributed by atoms with Crippen LogP contribution in [0.5, 0.6) is 5.88 Å². The van der Waals surface area contributed by atoms with Gasteiger partial charge in [-0.3, -0.25) is 0 Å². The molecular formula is C15H21ClN4O. The molecule has 21 heavy (non-hydrogen) atoms. The standard InChI is InChI=1S/C15H21ClN4O/c1-3-15(6-4-7-15)9-20-11(5-8-16)19-12-13(20)17-10-18-14(12)21-2/h10H,3-9H2,1-2H3. The summed E-state index contributed by atoms with van der Waals surface area (Å²) in [6.07, 6.45) is 7.36. The quantitative estimate of drug-likeness (QED) is 0.769. The summed E-state index contributed by atoms with van der Waals surface area (Å²) in [5, 5.41) is 0. The van der Waals surface area contributed by atoms with Crippen molar-refractivity contribution in [1.29, 1.82) is 0 Å². The highest BCUT2D eigenvalue weighted by Crippen LogP contribution is 2.45. The molecular weight excluding hydrogens is 288 g/mol. The monoisotopic (exact) mass is 308 g/mol. The van der Waals surface area contributed by atoms with Gasteiger partial charge in [0.15, 0.2) is 11.2 Å². The van der Waals surface area contributed by atoms with Gasteiger partial charge in [-0.15, -0.1) is 11.6 Å². The Balaban J connectivity index is 2.07. The van der Waals surface area contributed by atoms with Gasteiger partial charge < -0.3 is 9.30 Å². The molecule has 0 N–H and O–H groups in total. The average Bonchev–Trinajstić information content (AvgIpc) is 2.80. The maximum Gasteiger partial charge on any atom is 0.245 e. The van der Waals surface area contributed by atoms with Crippen LogP contribution < -0.4 is 4.74 Å². The Morgan fingerprint density at radius 2 is 2.19 bits per heavy atom. The first-order valence-electron chi connectivity index (χ1n) is 7.53. The summed E-state index contributed by atoms with van der Waals surface area (Å²) >= 11 is 5.94. The van der Waals surface area contributed by atoms with Crippen LogP contribution in [0.1, 0.15) is 38.4 Å². The van der Waals surface area contributed by atoms with Gasteiger partial charge in [0.2, 0.25) is 5.88 Å². The van der Waals surface area contributed by atoms with Crippen LogP contribution in [-0.4, -0.2) is 32.5 Å². The molecule has 2 heterocycles. The fourth-order valence-electron chi connectivity index (χ4n) is 3.19. The second kappa shape index (κ2) is 5.79. The summed E-state index contributed by atoms with van der Waals surface area (Å²) in [6.45, 7) is 3.24. The zero-order valence-corrected chi connectivity index (χ0v) is 13.4. The van der Waals surface area contributed by atoms with E-state index in [-0.39, 0.29) is 0 Å². The molecule has 0 amide bonds. The van der Waals surface area contributed by atoms with Crippen LogP contribution in [0.25, 0.3) is 11.2 Å². The average molecular weight is 309 g/mol. The molecule has 0 bridgehead atoms. The van der Waals surface area contributed by atoms with Crippen LogP contribution in [0, 0.1) is 5.41 Å². The minimum Gasteiger partial charge on any atom is -0.479 e. The van der Waals surface area contributed by atoms with Gasteiger partial charge in [-0.05, 0) is 24.7 Å². The Morgan fingerprint density at radius 3 is 2.76 bits per heavy atom. The number of nitrogens with zero attached hydrogens (tertiary/aromatic N) is 4. The number of aromatic nitrogens is 4. The number of hydrogen-bond acceptors (Lipinski definition) is 4. The number of hydrogen-bond donors (Lipinski definition) is 0. The zero-order valence-electron chi connectivity index (χ0n) is 12.6. The molecule has 1 aliphatic rings. The molecule has 1 saturated carbocycles. The number of aryl methyl sites for hydroxylation is 1. The van der Waals surface area contributed by atoms with E-state index in [1.807, 2.05) is 0 Å². The van der Waals surface area contributed by atoms with Crippen LogP contribution >= 0.6 is 11.6 Å². The summed E-state index contributed by atoms with van der Waals surface area (Å²) < 4.78 is 7.54. The van der Waals surface area contributed by atoms with Crippen molar-refractivity contribution in [3.63, 3.8) is 0 Å². The van der Waals surface area contributed by atoms with Crippen LogP contribution in [0.4, 0.5) is 0 Å². The third-order valence-electron chi connectivity index (χ3n) is 4.75. The fraction of sp³-hybridized carbons (Fsp3) is 0.667. The molecule has 0 aliphatic heterocycles. The van der Waals surface area contributed by atoms with E-state index in [2.05, 4.69) is 26.4 Å². The summed E-state index contributed by atoms with van der Waals surface area (Å²) in [6, 6.07) is 0. The summed E-state index contributed by atoms with van der Waals surface area (Å²) in [5.41, 5.74) is 2.00. The minimum atomic E-state index is 0.396. The Morgan fingerprint density at radius 1 is 1.38 bits per heavy atom. The van der Waals surface area contributed by atoms with E-state index in [1.54, 1.807) is 13.4 Å². The van der Waals surface area contributed by atoms with Crippen molar-refractivity contribution in [2.45, 2.75) is 45.6 Å². The molecule has 0 radical (unpaired) electrons. The predicted octanol–water partition coefficient (Wildman–Crippen LogP) is 3.20. The van der Waals surface area contributed by atoms with Gasteiger partial charge in [0.05, 0.1) is 7.11 Å². The highest BCUT2D eigenvalue weighted by atomic mass is 35.5. The van der Waals surface area contributed by atoms with Crippen molar-refractivity contribution in [3.05, 3.63) is 12.2 Å². The lowest BCUT2D eigenvalue weighted by Crippen LogP contribution is -2.34. The number of ether oxygens (including phenoxy) is 1. The van der Waals surface area contributed by atoms with Gasteiger partial charge in [0.25, 0.3) is 0 Å². The van der Waals surface area contributed by atoms with Gasteiger partial charge in [0.1, 0.15) is 12.2 Å². The number of alkyl halides is 1. The zero-order chi connectivity index (χ0) is 14.9. The Labute approximate surface area is 129 Å². The molecule has 5 nitrogen and oxygen atoms in total. The van der Waals surface area contributed by atoms with Gasteiger partial charge in [-0.25, -0.2) is 9.97 Å². The number of methoxy groups -OCH3 is 1. The normalized spacial score (nSPS) is 16.9. The van der Waals surface area contributed by atoms with Crippen molar-refractivity contribution < 1.29 is 4.74 Å². The van der Waals surface area contributed by atoms with Gasteiger partial charge in [-0.1, -0.05) is 13.3 Å². The van der Waals surface area contributed by atoms with E-state index in [1.165, 1.54) is 25.7 Å². The van der Waals surface area contributed by atoms with Crippen LogP contribution in [0.3, 0.4) is 0 Å². The summed E-state index contributed by atoms with van der Waals surface area (Å²) in [7, 11) is 1.61. The van der Waals surface area contributed by atoms with E-state index in [9.17, 15) is 0 Å². The van der Waals surface area contributed by atoms with E-state index in [0.717, 1.165) is 30.0 Å². The summed E-state index contributed by atoms with van der Waals surface area (Å²) in [4.78, 5) is 13.3. The number of rotatable bonds is 6. The van der Waals surface area contributed by atoms with E-state index in [4.69, 9.17) is 16.3 Å². The Kier molecular flexibility index (Phi) is 4.02. The lowest BCUT2D eigenvalue weighted by molar-refractivity contribution is 0.101. The predicted molar refractivity (Wildman–Crippen MR) is 82.9 cm³/mol. The lowest BCUT2D eigenvalue weighted by atomic mass is 9.67. The maximum absolute atomic E-state index is 5.94. The van der Waals surface area contributed by atoms with Gasteiger partial charge in [0, 0.05) is 18.8 Å². The smallest absolute Gasteiger partial charge is 0.245 e. The first-order valence-corrected chi connectivity index (χ1v) is 8.06. The highest BCUT2D eigenvalue weighted by Gasteiger charge is 2.36. The van der Waals surface area contributed by atoms with E-state index >= 15 is 0 Å². The van der Waals surface area contributed by atoms with E-state index in [0.29, 0.717) is 17.2 Å². The topological polar surface area (TPSA) is 52.8 Å². The number of fused-ring (bicyclic) bond motifs is 1. The molecule has 0 unspecified atom stereocenters. The van der Waals surface area contributed by atoms with Crippen LogP contribution in [-0.2, 0) is 13.0 Å². The highest BCUT2D eigenvalue weighted by molar-refractivity contribution is 6.17. The molecule has 2 aromatic heterocycles. The third kappa shape index (κ3) is 2.48. The molecule has 0 saturated heterocycles. The van der Waals surface area contributed by atoms with Crippen molar-refractivity contribution in [1.82, 2.24) is 19.5 Å². The second-order valence-electron chi connectivity index (χ2n) is 5.82. The first-order chi connectivity index (χ1) is 10.2. The van der Waals surface area contributed by atoms with Gasteiger partial charge in [-0.2, -0.15) is 4.98 Å². The SMILES string of the molecule is CCC1(Cn2c(CCCl)nc3c(OC)ncnc32)CCC1. The molecule has 6 heteroatoms. The fourth-order valence-corrected chi connectivity index (χ4v) is 3.36. The van der Waals surface area contributed by atoms with Crippen LogP contribution in [0.2, 0.25) is 0 Å². The molecule has 0 atom stereocenters. The molecule has 114 valence electrons. The summed E-state index contributed by atoms with van der Waals surface area (Å²) in [5.74, 6) is 2.07. The second-order valence-corrected chi connectivity index (χ2v) is 6.19.